The zero-order chi connectivity index (χ0) is 30.5. The van der Waals surface area contributed by atoms with Gasteiger partial charge in [0.2, 0.25) is 0 Å². The van der Waals surface area contributed by atoms with Crippen LogP contribution < -0.4 is 27.8 Å². The second-order valence-electron chi connectivity index (χ2n) is 12.3. The maximum absolute atomic E-state index is 11.3. The summed E-state index contributed by atoms with van der Waals surface area (Å²) in [6.07, 6.45) is -13.3. The molecule has 17 nitrogen and oxygen atoms in total. The number of aliphatic hydroxyl groups is 6. The minimum Gasteiger partial charge on any atom is -0.394 e. The number of rotatable bonds is 8. The fourth-order valence-electron chi connectivity index (χ4n) is 6.71. The molecule has 4 saturated heterocycles. The monoisotopic (exact) mass is 608 g/mol. The molecule has 1 saturated carbocycles. The van der Waals surface area contributed by atoms with Crippen LogP contribution in [0.4, 0.5) is 0 Å². The number of nitrogens with one attached hydrogen (secondary N) is 2. The van der Waals surface area contributed by atoms with Gasteiger partial charge in [-0.15, -0.1) is 0 Å². The Labute approximate surface area is 244 Å². The molecule has 0 spiro atoms. The van der Waals surface area contributed by atoms with E-state index in [1.165, 1.54) is 0 Å². The zero-order valence-corrected chi connectivity index (χ0v) is 23.8. The van der Waals surface area contributed by atoms with E-state index in [1.807, 2.05) is 7.05 Å². The van der Waals surface area contributed by atoms with Gasteiger partial charge in [0, 0.05) is 31.2 Å². The number of hydrogen-bond donors (Lipinski definition) is 11. The molecule has 17 heteroatoms. The molecule has 5 fully saturated rings. The molecule has 0 bridgehead atoms. The van der Waals surface area contributed by atoms with Gasteiger partial charge in [0.15, 0.2) is 18.9 Å². The van der Waals surface area contributed by atoms with Gasteiger partial charge < -0.3 is 87.1 Å². The lowest BCUT2D eigenvalue weighted by atomic mass is 9.84. The quantitative estimate of drug-likeness (QED) is 0.122. The Morgan fingerprint density at radius 1 is 0.762 bits per heavy atom. The summed E-state index contributed by atoms with van der Waals surface area (Å²) in [6, 6.07) is -3.64. The molecule has 0 aromatic rings. The Morgan fingerprint density at radius 3 is 2.12 bits per heavy atom. The molecule has 0 aromatic carbocycles. The molecule has 0 amide bonds. The predicted octanol–water partition coefficient (Wildman–Crippen LogP) is -7.00. The highest BCUT2D eigenvalue weighted by Crippen LogP contribution is 2.35. The molecule has 42 heavy (non-hydrogen) atoms. The van der Waals surface area contributed by atoms with Gasteiger partial charge in [-0.25, -0.2) is 0 Å². The van der Waals surface area contributed by atoms with Crippen molar-refractivity contribution in [3.8, 4) is 0 Å². The van der Waals surface area contributed by atoms with Crippen molar-refractivity contribution in [2.45, 2.75) is 123 Å². The SMILES string of the molecule is CNC1C(O[C@H]2OC(CO)[C@@H](NC3CN(C)C3)[C@H](O)C2O)O[C@H]2CC(N)[C@@H](O[C@@H]3C(N)C[C@@H](N)C(O)[C@H]3O)OC2C1O. The summed E-state index contributed by atoms with van der Waals surface area (Å²) < 4.78 is 29.9. The molecule has 0 aromatic heterocycles. The second kappa shape index (κ2) is 13.4. The van der Waals surface area contributed by atoms with E-state index in [2.05, 4.69) is 15.5 Å². The van der Waals surface area contributed by atoms with Gasteiger partial charge in [0.1, 0.15) is 42.7 Å². The lowest BCUT2D eigenvalue weighted by Crippen LogP contribution is -2.71. The molecule has 4 heterocycles. The van der Waals surface area contributed by atoms with E-state index in [1.54, 1.807) is 7.05 Å². The van der Waals surface area contributed by atoms with Crippen molar-refractivity contribution >= 4 is 0 Å². The summed E-state index contributed by atoms with van der Waals surface area (Å²) in [5, 5.41) is 69.9. The smallest absolute Gasteiger partial charge is 0.189 e. The number of ether oxygens (including phenoxy) is 5. The predicted molar refractivity (Wildman–Crippen MR) is 143 cm³/mol. The first kappa shape index (κ1) is 32.7. The van der Waals surface area contributed by atoms with Crippen molar-refractivity contribution in [2.24, 2.45) is 17.2 Å². The minimum absolute atomic E-state index is 0.0856. The van der Waals surface area contributed by atoms with Crippen LogP contribution in [0, 0.1) is 0 Å². The van der Waals surface area contributed by atoms with Crippen LogP contribution in [0.2, 0.25) is 0 Å². The summed E-state index contributed by atoms with van der Waals surface area (Å²) in [5.41, 5.74) is 18.3. The molecule has 1 aliphatic carbocycles. The number of likely N-dealkylation sites (tertiary alicyclic amines) is 1. The molecule has 5 aliphatic rings. The van der Waals surface area contributed by atoms with Crippen LogP contribution in [0.15, 0.2) is 0 Å². The first-order valence-corrected chi connectivity index (χ1v) is 14.6. The van der Waals surface area contributed by atoms with Gasteiger partial charge in [-0.05, 0) is 26.9 Å². The third-order valence-electron chi connectivity index (χ3n) is 9.18. The average Bonchev–Trinajstić information content (AvgIpc) is 2.93. The van der Waals surface area contributed by atoms with Gasteiger partial charge in [0.05, 0.1) is 36.9 Å². The van der Waals surface area contributed by atoms with E-state index >= 15 is 0 Å². The molecule has 4 aliphatic heterocycles. The summed E-state index contributed by atoms with van der Waals surface area (Å²) >= 11 is 0. The zero-order valence-electron chi connectivity index (χ0n) is 23.8. The summed E-state index contributed by atoms with van der Waals surface area (Å²) in [7, 11) is 3.54. The lowest BCUT2D eigenvalue weighted by molar-refractivity contribution is -0.374. The fourth-order valence-corrected chi connectivity index (χ4v) is 6.71. The van der Waals surface area contributed by atoms with Crippen molar-refractivity contribution in [1.29, 1.82) is 0 Å². The topological polar surface area (TPSA) is 273 Å². The fraction of sp³-hybridized carbons (Fsp3) is 1.00. The molecule has 244 valence electrons. The number of nitrogens with zero attached hydrogens (tertiary/aromatic N) is 1. The summed E-state index contributed by atoms with van der Waals surface area (Å²) in [6.45, 7) is 1.10. The van der Waals surface area contributed by atoms with Crippen molar-refractivity contribution in [1.82, 2.24) is 15.5 Å². The number of aliphatic hydroxyl groups excluding tert-OH is 6. The molecule has 0 radical (unpaired) electrons. The van der Waals surface area contributed by atoms with Gasteiger partial charge in [-0.3, -0.25) is 0 Å². The van der Waals surface area contributed by atoms with E-state index in [0.29, 0.717) is 0 Å². The van der Waals surface area contributed by atoms with Crippen LogP contribution in [0.1, 0.15) is 12.8 Å². The highest BCUT2D eigenvalue weighted by molar-refractivity contribution is 5.02. The van der Waals surface area contributed by atoms with E-state index in [9.17, 15) is 30.6 Å². The highest BCUT2D eigenvalue weighted by Gasteiger charge is 2.54. The van der Waals surface area contributed by atoms with Gasteiger partial charge in [-0.2, -0.15) is 0 Å². The van der Waals surface area contributed by atoms with E-state index in [-0.39, 0.29) is 18.9 Å². The molecule has 9 unspecified atom stereocenters. The Balaban J connectivity index is 1.22. The number of nitrogens with two attached hydrogens (primary N) is 3. The molecular weight excluding hydrogens is 560 g/mol. The van der Waals surface area contributed by atoms with E-state index in [4.69, 9.17) is 40.9 Å². The van der Waals surface area contributed by atoms with Crippen LogP contribution in [0.3, 0.4) is 0 Å². The number of fused-ring (bicyclic) bond motifs is 1. The van der Waals surface area contributed by atoms with Crippen molar-refractivity contribution in [3.05, 3.63) is 0 Å². The number of likely N-dealkylation sites (N-methyl/N-ethyl adjacent to an activating group) is 2. The highest BCUT2D eigenvalue weighted by atomic mass is 16.8. The third kappa shape index (κ3) is 6.35. The van der Waals surface area contributed by atoms with E-state index < -0.39 is 111 Å². The van der Waals surface area contributed by atoms with E-state index in [0.717, 1.165) is 13.1 Å². The van der Waals surface area contributed by atoms with Crippen LogP contribution >= 0.6 is 0 Å². The minimum atomic E-state index is -1.48. The molecule has 17 atom stereocenters. The number of hydrogen-bond acceptors (Lipinski definition) is 17. The van der Waals surface area contributed by atoms with Crippen LogP contribution in [-0.4, -0.2) is 179 Å². The summed E-state index contributed by atoms with van der Waals surface area (Å²) in [5.74, 6) is 0. The first-order chi connectivity index (χ1) is 19.9. The maximum Gasteiger partial charge on any atom is 0.189 e. The normalized spacial score (nSPS) is 52.5. The van der Waals surface area contributed by atoms with Crippen LogP contribution in [0.25, 0.3) is 0 Å². The largest absolute Gasteiger partial charge is 0.394 e. The Kier molecular flexibility index (Phi) is 10.4. The van der Waals surface area contributed by atoms with Crippen molar-refractivity contribution < 1.29 is 54.3 Å². The summed E-state index contributed by atoms with van der Waals surface area (Å²) in [4.78, 5) is 2.09. The van der Waals surface area contributed by atoms with Crippen molar-refractivity contribution in [3.63, 3.8) is 0 Å². The second-order valence-corrected chi connectivity index (χ2v) is 12.3. The molecule has 14 N–H and O–H groups in total. The molecule has 5 rings (SSSR count). The lowest BCUT2D eigenvalue weighted by Gasteiger charge is -2.52. The Hall–Kier alpha value is -0.680. The van der Waals surface area contributed by atoms with Crippen LogP contribution in [0.5, 0.6) is 0 Å². The van der Waals surface area contributed by atoms with Crippen molar-refractivity contribution in [2.75, 3.05) is 33.8 Å². The van der Waals surface area contributed by atoms with Gasteiger partial charge in [-0.1, -0.05) is 0 Å². The maximum atomic E-state index is 11.3. The average molecular weight is 609 g/mol. The first-order valence-electron chi connectivity index (χ1n) is 14.6. The third-order valence-corrected chi connectivity index (χ3v) is 9.18. The standard InChI is InChI=1S/C25H48N6O11/c1-29-15-18(35)22-12(4-11(28)23(41-22)40-21-10(27)3-9(26)16(33)19(21)36)38-24(15)42-25-20(37)17(34)14(13(7-32)39-25)30-8-5-31(2)6-8/h8-25,29-30,32-37H,3-7,26-28H2,1-2H3/t9-,10?,11?,12+,13?,14-,15?,16?,17+,18?,19-,20?,21-,22?,23+,24?,25-/m1/s1. The molecular formula is C25H48N6O11. The van der Waals surface area contributed by atoms with Crippen LogP contribution in [-0.2, 0) is 23.7 Å². The Bertz CT molecular complexity index is 890. The van der Waals surface area contributed by atoms with Gasteiger partial charge >= 0.3 is 0 Å². The van der Waals surface area contributed by atoms with Gasteiger partial charge in [0.25, 0.3) is 0 Å². The Morgan fingerprint density at radius 2 is 1.48 bits per heavy atom.